The molecular weight excluding hydrogens is 528 g/mol. The minimum absolute atomic E-state index is 0.192. The van der Waals surface area contributed by atoms with Gasteiger partial charge in [0.2, 0.25) is 0 Å². The molecule has 0 saturated carbocycles. The first-order valence-electron chi connectivity index (χ1n) is 12.7. The summed E-state index contributed by atoms with van der Waals surface area (Å²) in [7, 11) is 0. The second-order valence-corrected chi connectivity index (χ2v) is 9.84. The summed E-state index contributed by atoms with van der Waals surface area (Å²) in [6.45, 7) is 4.24. The fourth-order valence-corrected chi connectivity index (χ4v) is 4.56. The van der Waals surface area contributed by atoms with Crippen molar-refractivity contribution in [2.75, 3.05) is 4.90 Å². The van der Waals surface area contributed by atoms with E-state index in [1.165, 1.54) is 11.0 Å². The Morgan fingerprint density at radius 3 is 2.67 bits per heavy atom. The molecule has 5 rings (SSSR count). The first-order chi connectivity index (χ1) is 19.2. The molecular formula is C28H22ClF2N5O3. The number of hydrogen-bond donors (Lipinski definition) is 1. The van der Waals surface area contributed by atoms with Gasteiger partial charge in [0.15, 0.2) is 17.5 Å². The molecule has 3 aromatic rings. The second-order valence-electron chi connectivity index (χ2n) is 9.47. The van der Waals surface area contributed by atoms with E-state index in [4.69, 9.17) is 19.1 Å². The van der Waals surface area contributed by atoms with Crippen molar-refractivity contribution >= 4 is 29.1 Å². The van der Waals surface area contributed by atoms with Gasteiger partial charge in [-0.05, 0) is 51.5 Å². The summed E-state index contributed by atoms with van der Waals surface area (Å²) in [4.78, 5) is 38.6. The molecule has 1 N–H and O–H groups in total. The van der Waals surface area contributed by atoms with E-state index in [9.17, 15) is 18.4 Å². The summed E-state index contributed by atoms with van der Waals surface area (Å²) in [5.41, 5.74) is 1.92. The summed E-state index contributed by atoms with van der Waals surface area (Å²) in [6.07, 6.45) is 3.62. The fourth-order valence-electron chi connectivity index (χ4n) is 4.34. The molecule has 1 amide bonds. The predicted octanol–water partition coefficient (Wildman–Crippen LogP) is 5.21. The number of halogens is 3. The smallest absolute Gasteiger partial charge is 0.253 e. The minimum atomic E-state index is -2.86. The van der Waals surface area contributed by atoms with Crippen LogP contribution in [0.4, 0.5) is 14.5 Å². The van der Waals surface area contributed by atoms with Gasteiger partial charge in [-0.15, -0.1) is 0 Å². The van der Waals surface area contributed by atoms with Crippen LogP contribution in [0.15, 0.2) is 64.9 Å². The normalized spacial score (nSPS) is 17.2. The van der Waals surface area contributed by atoms with Crippen LogP contribution in [-0.4, -0.2) is 26.8 Å². The molecule has 11 heteroatoms. The maximum atomic E-state index is 14.3. The van der Waals surface area contributed by atoms with Crippen LogP contribution in [0.5, 0.6) is 0 Å². The highest BCUT2D eigenvalue weighted by Gasteiger charge is 2.37. The Morgan fingerprint density at radius 2 is 1.95 bits per heavy atom. The third kappa shape index (κ3) is 4.69. The predicted molar refractivity (Wildman–Crippen MR) is 140 cm³/mol. The minimum Gasteiger partial charge on any atom is -0.485 e. The number of rotatable bonds is 5. The third-order valence-electron chi connectivity index (χ3n) is 6.24. The van der Waals surface area contributed by atoms with Crippen LogP contribution >= 0.6 is 11.6 Å². The summed E-state index contributed by atoms with van der Waals surface area (Å²) < 4.78 is 49.3. The number of pyridine rings is 3. The van der Waals surface area contributed by atoms with E-state index in [-0.39, 0.29) is 22.4 Å². The number of aryl methyl sites for hydroxylation is 1. The fraction of sp³-hybridized carbons (Fsp3) is 0.214. The Morgan fingerprint density at radius 1 is 1.18 bits per heavy atom. The lowest BCUT2D eigenvalue weighted by molar-refractivity contribution is 0.0940. The lowest BCUT2D eigenvalue weighted by Gasteiger charge is -2.31. The molecule has 2 aliphatic rings. The number of anilines is 1. The van der Waals surface area contributed by atoms with Crippen LogP contribution in [0.25, 0.3) is 11.4 Å². The standard InChI is InChI=1S/C28H22ClF2N5O3/c1-14-10-32-20(19-6-5-17-26(34-19)28(3,4)35-27(17)38)9-22(14)36-15(2)7-24(25(29)23(36)12-37)39-13-21-18(31)8-16(30)11-33-21/h5-11H,13H2,1-4H3,(H,35,38)/i13D2. The molecule has 198 valence electrons. The van der Waals surface area contributed by atoms with Gasteiger partial charge in [0.1, 0.15) is 28.9 Å². The lowest BCUT2D eigenvalue weighted by atomic mass is 10.00. The average molecular weight is 552 g/mol. The van der Waals surface area contributed by atoms with Crippen LogP contribution in [0.3, 0.4) is 0 Å². The summed E-state index contributed by atoms with van der Waals surface area (Å²) in [6, 6.07) is 5.54. The zero-order valence-electron chi connectivity index (χ0n) is 23.2. The largest absolute Gasteiger partial charge is 0.485 e. The number of allylic oxidation sites excluding steroid dienone is 3. The van der Waals surface area contributed by atoms with Crippen molar-refractivity contribution in [2.24, 2.45) is 0 Å². The molecule has 0 aromatic carbocycles. The molecule has 0 bridgehead atoms. The maximum absolute atomic E-state index is 14.3. The highest BCUT2D eigenvalue weighted by molar-refractivity contribution is 6.33. The van der Waals surface area contributed by atoms with Crippen molar-refractivity contribution in [3.8, 4) is 11.4 Å². The van der Waals surface area contributed by atoms with Gasteiger partial charge in [-0.3, -0.25) is 14.8 Å². The Kier molecular flexibility index (Phi) is 5.91. The number of nitrogens with one attached hydrogen (secondary N) is 1. The molecule has 3 aromatic heterocycles. The monoisotopic (exact) mass is 551 g/mol. The first kappa shape index (κ1) is 23.7. The highest BCUT2D eigenvalue weighted by atomic mass is 35.5. The number of amides is 1. The number of carbonyl (C=O) groups excluding carboxylic acids is 2. The Labute approximate surface area is 230 Å². The Balaban J connectivity index is 1.52. The zero-order valence-corrected chi connectivity index (χ0v) is 21.9. The van der Waals surface area contributed by atoms with Crippen LogP contribution in [0.1, 0.15) is 50.8 Å². The van der Waals surface area contributed by atoms with E-state index in [0.29, 0.717) is 51.9 Å². The van der Waals surface area contributed by atoms with E-state index in [1.54, 1.807) is 44.2 Å². The van der Waals surface area contributed by atoms with Crippen LogP contribution < -0.4 is 10.2 Å². The van der Waals surface area contributed by atoms with Crippen LogP contribution in [0.2, 0.25) is 0 Å². The molecule has 0 radical (unpaired) electrons. The van der Waals surface area contributed by atoms with E-state index < -0.39 is 29.4 Å². The van der Waals surface area contributed by atoms with E-state index in [1.807, 2.05) is 13.8 Å². The van der Waals surface area contributed by atoms with E-state index >= 15 is 0 Å². The Bertz CT molecular complexity index is 1750. The number of ether oxygens (including phenoxy) is 1. The van der Waals surface area contributed by atoms with Crippen molar-refractivity contribution in [2.45, 2.75) is 39.8 Å². The van der Waals surface area contributed by atoms with Crippen LogP contribution in [0, 0.1) is 18.6 Å². The van der Waals surface area contributed by atoms with Gasteiger partial charge in [0.05, 0.1) is 42.8 Å². The third-order valence-corrected chi connectivity index (χ3v) is 6.60. The second kappa shape index (κ2) is 9.72. The molecule has 0 fully saturated rings. The van der Waals surface area contributed by atoms with Gasteiger partial charge < -0.3 is 15.0 Å². The Hall–Kier alpha value is -4.40. The number of carbonyl (C=O) groups is 1. The van der Waals surface area contributed by atoms with Gasteiger partial charge in [0, 0.05) is 24.0 Å². The lowest BCUT2D eigenvalue weighted by Crippen LogP contribution is -2.33. The van der Waals surface area contributed by atoms with Crippen molar-refractivity contribution in [1.82, 2.24) is 20.3 Å². The maximum Gasteiger partial charge on any atom is 0.253 e. The molecule has 0 atom stereocenters. The number of aromatic nitrogens is 3. The molecule has 2 aliphatic heterocycles. The highest BCUT2D eigenvalue weighted by Crippen LogP contribution is 2.39. The van der Waals surface area contributed by atoms with E-state index in [2.05, 4.69) is 20.3 Å². The van der Waals surface area contributed by atoms with Gasteiger partial charge in [-0.1, -0.05) is 11.6 Å². The zero-order chi connectivity index (χ0) is 29.9. The molecule has 0 aliphatic carbocycles. The first-order valence-corrected chi connectivity index (χ1v) is 12.1. The quantitative estimate of drug-likeness (QED) is 0.435. The van der Waals surface area contributed by atoms with Crippen LogP contribution in [-0.2, 0) is 21.6 Å². The summed E-state index contributed by atoms with van der Waals surface area (Å²) >= 11 is 6.50. The number of nitrogens with zero attached hydrogens (tertiary/aromatic N) is 4. The molecule has 0 spiro atoms. The molecule has 8 nitrogen and oxygen atoms in total. The van der Waals surface area contributed by atoms with Gasteiger partial charge in [0.25, 0.3) is 5.91 Å². The summed E-state index contributed by atoms with van der Waals surface area (Å²) in [5.74, 6) is -0.937. The van der Waals surface area contributed by atoms with Crippen molar-refractivity contribution in [3.63, 3.8) is 0 Å². The molecule has 0 saturated heterocycles. The van der Waals surface area contributed by atoms with Crippen molar-refractivity contribution in [3.05, 3.63) is 99.1 Å². The van der Waals surface area contributed by atoms with E-state index in [0.717, 1.165) is 0 Å². The molecule has 0 unspecified atom stereocenters. The average Bonchev–Trinajstić information content (AvgIpc) is 3.13. The molecule has 39 heavy (non-hydrogen) atoms. The molecule has 5 heterocycles. The summed E-state index contributed by atoms with van der Waals surface area (Å²) in [5, 5.41) is 2.59. The van der Waals surface area contributed by atoms with Gasteiger partial charge >= 0.3 is 0 Å². The van der Waals surface area contributed by atoms with Gasteiger partial charge in [-0.25, -0.2) is 18.6 Å². The van der Waals surface area contributed by atoms with Crippen molar-refractivity contribution < 1.29 is 25.8 Å². The van der Waals surface area contributed by atoms with Gasteiger partial charge in [-0.2, -0.15) is 0 Å². The van der Waals surface area contributed by atoms with Crippen molar-refractivity contribution in [1.29, 1.82) is 0 Å². The number of fused-ring (bicyclic) bond motifs is 1. The topological polar surface area (TPSA) is 97.3 Å². The SMILES string of the molecule is [2H]C([2H])(OC1=C(Cl)C(=C=O)N(c2cc(-c3ccc4c(n3)C(C)(C)NC4=O)ncc2C)C(C)=C1)c1ncc(F)cc1F. The number of hydrogen-bond acceptors (Lipinski definition) is 7.